The number of hydrogen-bond acceptors (Lipinski definition) is 7. The lowest BCUT2D eigenvalue weighted by molar-refractivity contribution is -0.870. The Kier molecular flexibility index (Phi) is 30.0. The number of carbonyl (C=O) groups is 3. The summed E-state index contributed by atoms with van der Waals surface area (Å²) in [5.41, 5.74) is 0. The maximum Gasteiger partial charge on any atom is 0.361 e. The Bertz CT molecular complexity index is 795. The predicted octanol–water partition coefficient (Wildman–Crippen LogP) is 8.77. The molecule has 0 spiro atoms. The van der Waals surface area contributed by atoms with Gasteiger partial charge in [-0.2, -0.15) is 0 Å². The number of aliphatic carboxylic acids is 1. The lowest BCUT2D eigenvalue weighted by Gasteiger charge is -2.25. The number of nitrogens with zero attached hydrogens (tertiary/aromatic N) is 1. The van der Waals surface area contributed by atoms with Crippen LogP contribution in [0.25, 0.3) is 0 Å². The Morgan fingerprint density at radius 1 is 0.617 bits per heavy atom. The van der Waals surface area contributed by atoms with Crippen LogP contribution in [0.5, 0.6) is 0 Å². The fourth-order valence-electron chi connectivity index (χ4n) is 5.00. The van der Waals surface area contributed by atoms with Crippen molar-refractivity contribution >= 4 is 17.9 Å². The van der Waals surface area contributed by atoms with Crippen LogP contribution < -0.4 is 0 Å². The molecule has 0 rings (SSSR count). The Labute approximate surface area is 287 Å². The Balaban J connectivity index is 4.54. The molecule has 0 aliphatic carbocycles. The third-order valence-electron chi connectivity index (χ3n) is 8.02. The standard InChI is InChI=1S/C38H71NO8/c1-6-8-10-12-14-16-17-18-19-20-21-23-25-27-29-36(41)47-34(33-46-38(37(42)43)44-31-30-39(3,4)5)32-45-35(40)28-26-24-22-15-13-11-9-7-2/h17-18,34,38H,6-16,19-33H2,1-5H3/p+1/b18-17-. The number of allylic oxidation sites excluding steroid dienone is 2. The molecular weight excluding hydrogens is 598 g/mol. The molecule has 0 saturated heterocycles. The van der Waals surface area contributed by atoms with Gasteiger partial charge in [0, 0.05) is 12.8 Å². The first-order valence-electron chi connectivity index (χ1n) is 18.9. The molecule has 0 saturated carbocycles. The normalized spacial score (nSPS) is 13.1. The summed E-state index contributed by atoms with van der Waals surface area (Å²) in [6.07, 6.45) is 25.6. The number of carboxylic acids is 1. The van der Waals surface area contributed by atoms with Gasteiger partial charge in [0.05, 0.1) is 34.4 Å². The molecule has 9 nitrogen and oxygen atoms in total. The molecule has 2 unspecified atom stereocenters. The molecular formula is C38H72NO8+. The third kappa shape index (κ3) is 32.4. The van der Waals surface area contributed by atoms with E-state index in [1.165, 1.54) is 70.6 Å². The summed E-state index contributed by atoms with van der Waals surface area (Å²) in [5, 5.41) is 9.56. The second-order valence-electron chi connectivity index (χ2n) is 13.9. The van der Waals surface area contributed by atoms with E-state index in [4.69, 9.17) is 18.9 Å². The van der Waals surface area contributed by atoms with E-state index in [2.05, 4.69) is 26.0 Å². The number of carboxylic acid groups (broad SMARTS) is 1. The van der Waals surface area contributed by atoms with Gasteiger partial charge in [-0.3, -0.25) is 9.59 Å². The first-order valence-corrected chi connectivity index (χ1v) is 18.9. The molecule has 0 aliphatic heterocycles. The molecule has 0 aromatic carbocycles. The number of carbonyl (C=O) groups excluding carboxylic acids is 2. The number of rotatable bonds is 34. The Hall–Kier alpha value is -1.97. The molecule has 47 heavy (non-hydrogen) atoms. The van der Waals surface area contributed by atoms with Crippen LogP contribution in [0.3, 0.4) is 0 Å². The van der Waals surface area contributed by atoms with Crippen molar-refractivity contribution in [2.24, 2.45) is 0 Å². The number of ether oxygens (including phenoxy) is 4. The number of esters is 2. The van der Waals surface area contributed by atoms with Crippen LogP contribution in [0.2, 0.25) is 0 Å². The monoisotopic (exact) mass is 671 g/mol. The number of likely N-dealkylation sites (N-methyl/N-ethyl adjacent to an activating group) is 1. The van der Waals surface area contributed by atoms with E-state index in [0.717, 1.165) is 51.4 Å². The first-order chi connectivity index (χ1) is 22.6. The molecule has 1 N–H and O–H groups in total. The molecule has 0 radical (unpaired) electrons. The molecule has 0 amide bonds. The van der Waals surface area contributed by atoms with Crippen molar-refractivity contribution in [2.75, 3.05) is 47.5 Å². The topological polar surface area (TPSA) is 108 Å². The summed E-state index contributed by atoms with van der Waals surface area (Å²) in [7, 11) is 5.94. The van der Waals surface area contributed by atoms with Crippen molar-refractivity contribution in [3.63, 3.8) is 0 Å². The average molecular weight is 671 g/mol. The van der Waals surface area contributed by atoms with Crippen LogP contribution in [0.15, 0.2) is 12.2 Å². The van der Waals surface area contributed by atoms with Crippen molar-refractivity contribution in [3.05, 3.63) is 12.2 Å². The molecule has 0 aromatic rings. The second kappa shape index (κ2) is 31.3. The van der Waals surface area contributed by atoms with Gasteiger partial charge in [-0.05, 0) is 38.5 Å². The van der Waals surface area contributed by atoms with Crippen molar-refractivity contribution < 1.29 is 42.9 Å². The van der Waals surface area contributed by atoms with Gasteiger partial charge in [0.15, 0.2) is 6.10 Å². The van der Waals surface area contributed by atoms with Crippen LogP contribution in [0, 0.1) is 0 Å². The van der Waals surface area contributed by atoms with E-state index in [0.29, 0.717) is 23.9 Å². The van der Waals surface area contributed by atoms with E-state index in [-0.39, 0.29) is 32.2 Å². The number of hydrogen-bond donors (Lipinski definition) is 1. The second-order valence-corrected chi connectivity index (χ2v) is 13.9. The molecule has 0 fully saturated rings. The van der Waals surface area contributed by atoms with Gasteiger partial charge in [0.25, 0.3) is 6.29 Å². The third-order valence-corrected chi connectivity index (χ3v) is 8.02. The van der Waals surface area contributed by atoms with Gasteiger partial charge in [0.1, 0.15) is 13.2 Å². The van der Waals surface area contributed by atoms with E-state index < -0.39 is 24.3 Å². The zero-order valence-corrected chi connectivity index (χ0v) is 30.9. The highest BCUT2D eigenvalue weighted by Crippen LogP contribution is 2.13. The van der Waals surface area contributed by atoms with Gasteiger partial charge in [0.2, 0.25) is 0 Å². The van der Waals surface area contributed by atoms with Crippen LogP contribution in [0.1, 0.15) is 155 Å². The van der Waals surface area contributed by atoms with Crippen LogP contribution in [-0.4, -0.2) is 87.4 Å². The zero-order chi connectivity index (χ0) is 35.0. The van der Waals surface area contributed by atoms with Crippen LogP contribution in [-0.2, 0) is 33.3 Å². The van der Waals surface area contributed by atoms with Crippen molar-refractivity contribution in [2.45, 2.75) is 167 Å². The minimum absolute atomic E-state index is 0.181. The van der Waals surface area contributed by atoms with Crippen molar-refractivity contribution in [3.8, 4) is 0 Å². The molecule has 2 atom stereocenters. The molecule has 9 heteroatoms. The Morgan fingerprint density at radius 2 is 1.09 bits per heavy atom. The summed E-state index contributed by atoms with van der Waals surface area (Å²) < 4.78 is 22.5. The van der Waals surface area contributed by atoms with Gasteiger partial charge in [-0.15, -0.1) is 0 Å². The summed E-state index contributed by atoms with van der Waals surface area (Å²) in [5.74, 6) is -2.02. The highest BCUT2D eigenvalue weighted by atomic mass is 16.7. The first kappa shape index (κ1) is 45.0. The van der Waals surface area contributed by atoms with Crippen LogP contribution >= 0.6 is 0 Å². The minimum Gasteiger partial charge on any atom is -0.477 e. The average Bonchev–Trinajstić information content (AvgIpc) is 3.02. The summed E-state index contributed by atoms with van der Waals surface area (Å²) in [4.78, 5) is 36.7. The van der Waals surface area contributed by atoms with E-state index in [1.54, 1.807) is 0 Å². The smallest absolute Gasteiger partial charge is 0.361 e. The molecule has 276 valence electrons. The quantitative estimate of drug-likeness (QED) is 0.0238. The van der Waals surface area contributed by atoms with Gasteiger partial charge in [-0.1, -0.05) is 116 Å². The van der Waals surface area contributed by atoms with E-state index in [9.17, 15) is 19.5 Å². The highest BCUT2D eigenvalue weighted by molar-refractivity contribution is 5.71. The molecule has 0 aliphatic rings. The summed E-state index contributed by atoms with van der Waals surface area (Å²) in [6, 6.07) is 0. The summed E-state index contributed by atoms with van der Waals surface area (Å²) >= 11 is 0. The van der Waals surface area contributed by atoms with Crippen LogP contribution in [0.4, 0.5) is 0 Å². The minimum atomic E-state index is -1.50. The van der Waals surface area contributed by atoms with Gasteiger partial charge in [-0.25, -0.2) is 4.79 Å². The zero-order valence-electron chi connectivity index (χ0n) is 30.9. The fourth-order valence-corrected chi connectivity index (χ4v) is 5.00. The SMILES string of the molecule is CCCCCCC/C=C\CCCCCCCC(=O)OC(COC(=O)CCCCCCCCCC)COC(OCC[N+](C)(C)C)C(=O)O. The molecule has 0 aromatic heterocycles. The van der Waals surface area contributed by atoms with E-state index in [1.807, 2.05) is 21.1 Å². The molecule has 0 heterocycles. The predicted molar refractivity (Wildman–Crippen MR) is 189 cm³/mol. The van der Waals surface area contributed by atoms with Crippen molar-refractivity contribution in [1.82, 2.24) is 0 Å². The maximum absolute atomic E-state index is 12.6. The van der Waals surface area contributed by atoms with Gasteiger partial charge < -0.3 is 28.5 Å². The molecule has 0 bridgehead atoms. The Morgan fingerprint density at radius 3 is 1.57 bits per heavy atom. The largest absolute Gasteiger partial charge is 0.477 e. The lowest BCUT2D eigenvalue weighted by Crippen LogP contribution is -2.40. The van der Waals surface area contributed by atoms with Gasteiger partial charge >= 0.3 is 17.9 Å². The summed E-state index contributed by atoms with van der Waals surface area (Å²) in [6.45, 7) is 4.80. The number of quaternary nitrogens is 1. The fraction of sp³-hybridized carbons (Fsp3) is 0.868. The maximum atomic E-state index is 12.6. The lowest BCUT2D eigenvalue weighted by atomic mass is 10.1. The highest BCUT2D eigenvalue weighted by Gasteiger charge is 2.25. The van der Waals surface area contributed by atoms with Crippen molar-refractivity contribution in [1.29, 1.82) is 0 Å². The van der Waals surface area contributed by atoms with E-state index >= 15 is 0 Å². The number of unbranched alkanes of at least 4 members (excludes halogenated alkanes) is 17.